The van der Waals surface area contributed by atoms with Crippen LogP contribution < -0.4 is 4.74 Å². The summed E-state index contributed by atoms with van der Waals surface area (Å²) in [5.74, 6) is -0.275. The van der Waals surface area contributed by atoms with Crippen molar-refractivity contribution in [2.75, 3.05) is 11.9 Å². The Balaban J connectivity index is 2.03. The lowest BCUT2D eigenvalue weighted by atomic mass is 9.76. The highest BCUT2D eigenvalue weighted by atomic mass is 79.9. The summed E-state index contributed by atoms with van der Waals surface area (Å²) >= 11 is 3.59. The molecule has 4 heteroatoms. The van der Waals surface area contributed by atoms with Crippen LogP contribution in [0.15, 0.2) is 18.2 Å². The monoisotopic (exact) mass is 342 g/mol. The molecule has 0 heterocycles. The standard InChI is InChI=1S/C16H20BrFO2/c1-12(19)14-6-5-13(9-15(14)18)20-11-16(10-17)7-3-2-4-8-16/h5-6,9H,2-4,7-8,10-11H2,1H3. The van der Waals surface area contributed by atoms with Crippen molar-refractivity contribution >= 4 is 21.7 Å². The maximum Gasteiger partial charge on any atom is 0.162 e. The molecule has 2 nitrogen and oxygen atoms in total. The van der Waals surface area contributed by atoms with E-state index in [9.17, 15) is 9.18 Å². The lowest BCUT2D eigenvalue weighted by molar-refractivity contribution is 0.101. The van der Waals surface area contributed by atoms with Crippen LogP contribution in [0.5, 0.6) is 5.75 Å². The molecule has 2 rings (SSSR count). The largest absolute Gasteiger partial charge is 0.493 e. The molecule has 0 radical (unpaired) electrons. The van der Waals surface area contributed by atoms with Gasteiger partial charge in [-0.05, 0) is 31.9 Å². The van der Waals surface area contributed by atoms with Gasteiger partial charge in [-0.25, -0.2) is 4.39 Å². The number of Topliss-reactive ketones (excluding diaryl/α,β-unsaturated/α-hetero) is 1. The number of halogens is 2. The van der Waals surface area contributed by atoms with Crippen LogP contribution in [0.2, 0.25) is 0 Å². The van der Waals surface area contributed by atoms with E-state index < -0.39 is 5.82 Å². The fraction of sp³-hybridized carbons (Fsp3) is 0.562. The molecule has 1 fully saturated rings. The smallest absolute Gasteiger partial charge is 0.162 e. The van der Waals surface area contributed by atoms with E-state index in [1.807, 2.05) is 0 Å². The molecule has 1 aliphatic carbocycles. The van der Waals surface area contributed by atoms with Crippen molar-refractivity contribution in [3.05, 3.63) is 29.6 Å². The van der Waals surface area contributed by atoms with E-state index in [1.165, 1.54) is 38.3 Å². The quantitative estimate of drug-likeness (QED) is 0.570. The molecule has 0 atom stereocenters. The Bertz CT molecular complexity index is 481. The highest BCUT2D eigenvalue weighted by Gasteiger charge is 2.31. The summed E-state index contributed by atoms with van der Waals surface area (Å²) in [4.78, 5) is 11.2. The topological polar surface area (TPSA) is 26.3 Å². The number of ketones is 1. The summed E-state index contributed by atoms with van der Waals surface area (Å²) in [5, 5.41) is 0.911. The van der Waals surface area contributed by atoms with Crippen LogP contribution in [0.25, 0.3) is 0 Å². The van der Waals surface area contributed by atoms with Crippen molar-refractivity contribution < 1.29 is 13.9 Å². The Morgan fingerprint density at radius 2 is 2.05 bits per heavy atom. The first-order valence-corrected chi connectivity index (χ1v) is 8.18. The van der Waals surface area contributed by atoms with Crippen LogP contribution in [-0.4, -0.2) is 17.7 Å². The number of ether oxygens (including phenoxy) is 1. The normalized spacial score (nSPS) is 17.8. The Morgan fingerprint density at radius 3 is 2.60 bits per heavy atom. The third-order valence-corrected chi connectivity index (χ3v) is 5.25. The van der Waals surface area contributed by atoms with E-state index in [4.69, 9.17) is 4.74 Å². The van der Waals surface area contributed by atoms with Gasteiger partial charge in [0.25, 0.3) is 0 Å². The second-order valence-electron chi connectivity index (χ2n) is 5.68. The molecule has 110 valence electrons. The van der Waals surface area contributed by atoms with Crippen LogP contribution in [0.4, 0.5) is 4.39 Å². The summed E-state index contributed by atoms with van der Waals surface area (Å²) in [6, 6.07) is 4.47. The van der Waals surface area contributed by atoms with Crippen molar-refractivity contribution in [3.63, 3.8) is 0 Å². The number of carbonyl (C=O) groups is 1. The number of rotatable bonds is 5. The predicted molar refractivity (Wildman–Crippen MR) is 81.2 cm³/mol. The zero-order chi connectivity index (χ0) is 14.6. The second-order valence-corrected chi connectivity index (χ2v) is 6.24. The molecule has 0 spiro atoms. The van der Waals surface area contributed by atoms with Crippen molar-refractivity contribution in [1.29, 1.82) is 0 Å². The lowest BCUT2D eigenvalue weighted by Gasteiger charge is -2.35. The molecule has 1 saturated carbocycles. The van der Waals surface area contributed by atoms with Crippen LogP contribution in [-0.2, 0) is 0 Å². The molecule has 1 aliphatic rings. The Morgan fingerprint density at radius 1 is 1.35 bits per heavy atom. The van der Waals surface area contributed by atoms with Crippen molar-refractivity contribution in [1.82, 2.24) is 0 Å². The van der Waals surface area contributed by atoms with Gasteiger partial charge in [-0.3, -0.25) is 4.79 Å². The molecular weight excluding hydrogens is 323 g/mol. The fourth-order valence-electron chi connectivity index (χ4n) is 2.73. The van der Waals surface area contributed by atoms with Gasteiger partial charge in [0.1, 0.15) is 11.6 Å². The van der Waals surface area contributed by atoms with Gasteiger partial charge in [-0.1, -0.05) is 35.2 Å². The van der Waals surface area contributed by atoms with Gasteiger partial charge in [0.15, 0.2) is 5.78 Å². The van der Waals surface area contributed by atoms with Crippen molar-refractivity contribution in [2.45, 2.75) is 39.0 Å². The summed E-state index contributed by atoms with van der Waals surface area (Å²) in [5.41, 5.74) is 0.277. The van der Waals surface area contributed by atoms with E-state index >= 15 is 0 Å². The highest BCUT2D eigenvalue weighted by molar-refractivity contribution is 9.09. The molecule has 0 aliphatic heterocycles. The minimum absolute atomic E-state index is 0.116. The van der Waals surface area contributed by atoms with Crippen LogP contribution >= 0.6 is 15.9 Å². The number of hydrogen-bond acceptors (Lipinski definition) is 2. The molecule has 0 unspecified atom stereocenters. The summed E-state index contributed by atoms with van der Waals surface area (Å²) < 4.78 is 19.5. The lowest BCUT2D eigenvalue weighted by Crippen LogP contribution is -2.32. The first kappa shape index (κ1) is 15.5. The van der Waals surface area contributed by atoms with Crippen LogP contribution in [0.3, 0.4) is 0 Å². The van der Waals surface area contributed by atoms with Gasteiger partial charge < -0.3 is 4.74 Å². The number of hydrogen-bond donors (Lipinski definition) is 0. The molecule has 20 heavy (non-hydrogen) atoms. The highest BCUT2D eigenvalue weighted by Crippen LogP contribution is 2.38. The molecule has 0 saturated heterocycles. The zero-order valence-corrected chi connectivity index (χ0v) is 13.3. The average molecular weight is 343 g/mol. The maximum absolute atomic E-state index is 13.7. The molecule has 0 bridgehead atoms. The van der Waals surface area contributed by atoms with Gasteiger partial charge in [0.2, 0.25) is 0 Å². The maximum atomic E-state index is 13.7. The average Bonchev–Trinajstić information content (AvgIpc) is 2.46. The Labute approximate surface area is 127 Å². The summed E-state index contributed by atoms with van der Waals surface area (Å²) in [6.07, 6.45) is 6.04. The first-order valence-electron chi connectivity index (χ1n) is 7.06. The SMILES string of the molecule is CC(=O)c1ccc(OCC2(CBr)CCCCC2)cc1F. The van der Waals surface area contributed by atoms with Crippen molar-refractivity contribution in [3.8, 4) is 5.75 Å². The summed E-state index contributed by atoms with van der Waals surface area (Å²) in [6.45, 7) is 1.96. The zero-order valence-electron chi connectivity index (χ0n) is 11.8. The second kappa shape index (κ2) is 6.70. The van der Waals surface area contributed by atoms with Crippen molar-refractivity contribution in [2.24, 2.45) is 5.41 Å². The Hall–Kier alpha value is -0.900. The van der Waals surface area contributed by atoms with Crippen LogP contribution in [0, 0.1) is 11.2 Å². The van der Waals surface area contributed by atoms with E-state index in [1.54, 1.807) is 6.07 Å². The molecule has 1 aromatic rings. The van der Waals surface area contributed by atoms with E-state index in [0.29, 0.717) is 12.4 Å². The number of benzene rings is 1. The first-order chi connectivity index (χ1) is 9.56. The van der Waals surface area contributed by atoms with Gasteiger partial charge in [-0.2, -0.15) is 0 Å². The third-order valence-electron chi connectivity index (χ3n) is 4.06. The predicted octanol–water partition coefficient (Wildman–Crippen LogP) is 4.75. The van der Waals surface area contributed by atoms with Gasteiger partial charge in [0.05, 0.1) is 12.2 Å². The molecule has 1 aromatic carbocycles. The van der Waals surface area contributed by atoms with Crippen LogP contribution in [0.1, 0.15) is 49.4 Å². The van der Waals surface area contributed by atoms with E-state index in [0.717, 1.165) is 18.2 Å². The number of alkyl halides is 1. The van der Waals surface area contributed by atoms with Gasteiger partial charge in [0, 0.05) is 16.8 Å². The minimum Gasteiger partial charge on any atom is -0.493 e. The Kier molecular flexibility index (Phi) is 5.19. The molecule has 0 N–H and O–H groups in total. The van der Waals surface area contributed by atoms with Gasteiger partial charge in [-0.15, -0.1) is 0 Å². The van der Waals surface area contributed by atoms with Gasteiger partial charge >= 0.3 is 0 Å². The molecule has 0 amide bonds. The molecular formula is C16H20BrFO2. The molecule has 0 aromatic heterocycles. The fourth-order valence-corrected chi connectivity index (χ4v) is 3.45. The minimum atomic E-state index is -0.508. The summed E-state index contributed by atoms with van der Waals surface area (Å²) in [7, 11) is 0. The van der Waals surface area contributed by atoms with E-state index in [2.05, 4.69) is 15.9 Å². The third kappa shape index (κ3) is 3.60. The van der Waals surface area contributed by atoms with E-state index in [-0.39, 0.29) is 16.8 Å². The number of carbonyl (C=O) groups excluding carboxylic acids is 1.